The molecule has 0 aromatic heterocycles. The van der Waals surface area contributed by atoms with Crippen LogP contribution in [0.2, 0.25) is 0 Å². The number of benzene rings is 2. The lowest BCUT2D eigenvalue weighted by molar-refractivity contribution is 0.208. The van der Waals surface area contributed by atoms with Crippen LogP contribution in [0.4, 0.5) is 16.2 Å². The minimum absolute atomic E-state index is 0.0924. The molecule has 6 nitrogen and oxygen atoms in total. The van der Waals surface area contributed by atoms with Crippen LogP contribution in [0.15, 0.2) is 42.5 Å². The lowest BCUT2D eigenvalue weighted by Crippen LogP contribution is -2.50. The fraction of sp³-hybridized carbons (Fsp3) is 0.381. The number of urea groups is 1. The third-order valence-corrected chi connectivity index (χ3v) is 4.68. The fourth-order valence-electron chi connectivity index (χ4n) is 3.20. The lowest BCUT2D eigenvalue weighted by atomic mass is 10.2. The molecule has 1 heterocycles. The van der Waals surface area contributed by atoms with Gasteiger partial charge in [-0.2, -0.15) is 0 Å². The van der Waals surface area contributed by atoms with Crippen LogP contribution in [0.1, 0.15) is 12.5 Å². The molecule has 2 aromatic rings. The number of ether oxygens (including phenoxy) is 2. The number of carbonyl (C=O) groups is 1. The van der Waals surface area contributed by atoms with Gasteiger partial charge in [0.1, 0.15) is 11.5 Å². The summed E-state index contributed by atoms with van der Waals surface area (Å²) < 4.78 is 10.8. The van der Waals surface area contributed by atoms with Gasteiger partial charge in [-0.05, 0) is 55.8 Å². The number of methoxy groups -OCH3 is 1. The first-order valence-electron chi connectivity index (χ1n) is 9.29. The van der Waals surface area contributed by atoms with Crippen molar-refractivity contribution in [1.29, 1.82) is 0 Å². The summed E-state index contributed by atoms with van der Waals surface area (Å²) in [5.74, 6) is 1.55. The quantitative estimate of drug-likeness (QED) is 0.872. The van der Waals surface area contributed by atoms with E-state index < -0.39 is 0 Å². The molecule has 6 heteroatoms. The molecule has 27 heavy (non-hydrogen) atoms. The molecule has 3 rings (SSSR count). The minimum Gasteiger partial charge on any atom is -0.495 e. The van der Waals surface area contributed by atoms with Gasteiger partial charge in [0.2, 0.25) is 0 Å². The first-order valence-corrected chi connectivity index (χ1v) is 9.29. The highest BCUT2D eigenvalue weighted by molar-refractivity contribution is 5.91. The van der Waals surface area contributed by atoms with Gasteiger partial charge < -0.3 is 24.6 Å². The predicted molar refractivity (Wildman–Crippen MR) is 108 cm³/mol. The first kappa shape index (κ1) is 18.9. The molecular weight excluding hydrogens is 342 g/mol. The van der Waals surface area contributed by atoms with Crippen LogP contribution in [0.3, 0.4) is 0 Å². The van der Waals surface area contributed by atoms with Crippen molar-refractivity contribution in [3.63, 3.8) is 0 Å². The Hall–Kier alpha value is -2.89. The van der Waals surface area contributed by atoms with E-state index in [1.165, 1.54) is 0 Å². The maximum atomic E-state index is 12.6. The van der Waals surface area contributed by atoms with Crippen molar-refractivity contribution in [2.24, 2.45) is 0 Å². The Balaban J connectivity index is 1.57. The zero-order valence-electron chi connectivity index (χ0n) is 16.2. The van der Waals surface area contributed by atoms with Crippen LogP contribution in [0.25, 0.3) is 0 Å². The van der Waals surface area contributed by atoms with Gasteiger partial charge in [0.05, 0.1) is 19.4 Å². The second-order valence-corrected chi connectivity index (χ2v) is 6.53. The van der Waals surface area contributed by atoms with Gasteiger partial charge in [-0.1, -0.05) is 6.07 Å². The number of nitrogens with zero attached hydrogens (tertiary/aromatic N) is 2. The van der Waals surface area contributed by atoms with Gasteiger partial charge in [-0.3, -0.25) is 0 Å². The summed E-state index contributed by atoms with van der Waals surface area (Å²) in [6.07, 6.45) is 0. The predicted octanol–water partition coefficient (Wildman–Crippen LogP) is 3.76. The second kappa shape index (κ2) is 8.66. The summed E-state index contributed by atoms with van der Waals surface area (Å²) in [4.78, 5) is 16.8. The average molecular weight is 369 g/mol. The number of carbonyl (C=O) groups excluding carboxylic acids is 1. The van der Waals surface area contributed by atoms with Crippen LogP contribution < -0.4 is 19.7 Å². The Morgan fingerprint density at radius 3 is 2.41 bits per heavy atom. The van der Waals surface area contributed by atoms with E-state index in [0.29, 0.717) is 31.1 Å². The molecule has 0 radical (unpaired) electrons. The van der Waals surface area contributed by atoms with E-state index >= 15 is 0 Å². The number of hydrogen-bond donors (Lipinski definition) is 1. The maximum Gasteiger partial charge on any atom is 0.322 e. The van der Waals surface area contributed by atoms with E-state index in [9.17, 15) is 4.79 Å². The molecule has 1 aliphatic heterocycles. The molecule has 1 aliphatic rings. The third-order valence-electron chi connectivity index (χ3n) is 4.68. The highest BCUT2D eigenvalue weighted by Crippen LogP contribution is 2.26. The first-order chi connectivity index (χ1) is 13.1. The SMILES string of the molecule is CCOc1ccc(N2CCN(C(=O)Nc3cc(C)ccc3OC)CC2)cc1. The molecule has 0 aliphatic carbocycles. The number of hydrogen-bond acceptors (Lipinski definition) is 4. The summed E-state index contributed by atoms with van der Waals surface area (Å²) in [5, 5.41) is 2.98. The topological polar surface area (TPSA) is 54.0 Å². The van der Waals surface area contributed by atoms with Gasteiger partial charge >= 0.3 is 6.03 Å². The van der Waals surface area contributed by atoms with Crippen LogP contribution in [-0.2, 0) is 0 Å². The number of piperazine rings is 1. The molecule has 1 fully saturated rings. The number of aryl methyl sites for hydroxylation is 1. The molecule has 1 saturated heterocycles. The van der Waals surface area contributed by atoms with Crippen molar-refractivity contribution in [2.75, 3.05) is 50.1 Å². The van der Waals surface area contributed by atoms with Crippen LogP contribution >= 0.6 is 0 Å². The molecule has 0 unspecified atom stereocenters. The summed E-state index contributed by atoms with van der Waals surface area (Å²) in [7, 11) is 1.61. The Morgan fingerprint density at radius 1 is 1.07 bits per heavy atom. The Bertz CT molecular complexity index is 769. The van der Waals surface area contributed by atoms with Gasteiger partial charge in [-0.15, -0.1) is 0 Å². The zero-order valence-corrected chi connectivity index (χ0v) is 16.2. The van der Waals surface area contributed by atoms with Crippen molar-refractivity contribution in [2.45, 2.75) is 13.8 Å². The van der Waals surface area contributed by atoms with E-state index in [1.54, 1.807) is 7.11 Å². The average Bonchev–Trinajstić information content (AvgIpc) is 2.69. The third kappa shape index (κ3) is 4.64. The molecular formula is C21H27N3O3. The molecule has 0 bridgehead atoms. The highest BCUT2D eigenvalue weighted by atomic mass is 16.5. The fourth-order valence-corrected chi connectivity index (χ4v) is 3.20. The number of nitrogens with one attached hydrogen (secondary N) is 1. The normalized spacial score (nSPS) is 14.0. The molecule has 144 valence electrons. The molecule has 2 amide bonds. The second-order valence-electron chi connectivity index (χ2n) is 6.53. The van der Waals surface area contributed by atoms with E-state index in [4.69, 9.17) is 9.47 Å². The number of anilines is 2. The van der Waals surface area contributed by atoms with Crippen molar-refractivity contribution in [1.82, 2.24) is 4.90 Å². The number of amides is 2. The molecule has 1 N–H and O–H groups in total. The van der Waals surface area contributed by atoms with Gasteiger partial charge in [-0.25, -0.2) is 4.79 Å². The molecule has 0 atom stereocenters. The standard InChI is InChI=1S/C21H27N3O3/c1-4-27-18-8-6-17(7-9-18)23-11-13-24(14-12-23)21(25)22-19-15-16(2)5-10-20(19)26-3/h5-10,15H,4,11-14H2,1-3H3,(H,22,25). The van der Waals surface area contributed by atoms with Crippen LogP contribution in [0.5, 0.6) is 11.5 Å². The maximum absolute atomic E-state index is 12.6. The Kier molecular flexibility index (Phi) is 6.06. The van der Waals surface area contributed by atoms with E-state index in [2.05, 4.69) is 22.3 Å². The van der Waals surface area contributed by atoms with E-state index in [1.807, 2.05) is 49.1 Å². The minimum atomic E-state index is -0.0924. The summed E-state index contributed by atoms with van der Waals surface area (Å²) in [5.41, 5.74) is 2.93. The van der Waals surface area contributed by atoms with Crippen LogP contribution in [-0.4, -0.2) is 50.8 Å². The van der Waals surface area contributed by atoms with Crippen molar-refractivity contribution in [3.05, 3.63) is 48.0 Å². The van der Waals surface area contributed by atoms with Crippen LogP contribution in [0, 0.1) is 6.92 Å². The van der Waals surface area contributed by atoms with Crippen molar-refractivity contribution >= 4 is 17.4 Å². The zero-order chi connectivity index (χ0) is 19.2. The summed E-state index contributed by atoms with van der Waals surface area (Å²) >= 11 is 0. The molecule has 2 aromatic carbocycles. The van der Waals surface area contributed by atoms with Gasteiger partial charge in [0.25, 0.3) is 0 Å². The highest BCUT2D eigenvalue weighted by Gasteiger charge is 2.22. The van der Waals surface area contributed by atoms with Gasteiger partial charge in [0, 0.05) is 31.9 Å². The largest absolute Gasteiger partial charge is 0.495 e. The smallest absolute Gasteiger partial charge is 0.322 e. The molecule has 0 spiro atoms. The van der Waals surface area contributed by atoms with Gasteiger partial charge in [0.15, 0.2) is 0 Å². The van der Waals surface area contributed by atoms with Crippen molar-refractivity contribution in [3.8, 4) is 11.5 Å². The number of rotatable bonds is 5. The monoisotopic (exact) mass is 369 g/mol. The summed E-state index contributed by atoms with van der Waals surface area (Å²) in [6.45, 7) is 7.58. The Morgan fingerprint density at radius 2 is 1.78 bits per heavy atom. The van der Waals surface area contributed by atoms with Crippen molar-refractivity contribution < 1.29 is 14.3 Å². The van der Waals surface area contributed by atoms with E-state index in [0.717, 1.165) is 30.1 Å². The lowest BCUT2D eigenvalue weighted by Gasteiger charge is -2.36. The van der Waals surface area contributed by atoms with E-state index in [-0.39, 0.29) is 6.03 Å². The summed E-state index contributed by atoms with van der Waals surface area (Å²) in [6, 6.07) is 13.8. The Labute approximate surface area is 160 Å². The molecule has 0 saturated carbocycles.